The van der Waals surface area contributed by atoms with Crippen molar-refractivity contribution in [1.29, 1.82) is 0 Å². The lowest BCUT2D eigenvalue weighted by molar-refractivity contribution is 0.0472. The van der Waals surface area contributed by atoms with Gasteiger partial charge in [-0.1, -0.05) is 48.0 Å². The van der Waals surface area contributed by atoms with Gasteiger partial charge in [-0.25, -0.2) is 13.2 Å². The number of carbonyl (C=O) groups excluding carboxylic acids is 1. The van der Waals surface area contributed by atoms with E-state index in [-0.39, 0.29) is 11.5 Å². The third-order valence-electron chi connectivity index (χ3n) is 4.51. The summed E-state index contributed by atoms with van der Waals surface area (Å²) in [6.45, 7) is 0.137. The van der Waals surface area contributed by atoms with Crippen LogP contribution in [-0.4, -0.2) is 14.4 Å². The maximum absolute atomic E-state index is 12.4. The quantitative estimate of drug-likeness (QED) is 0.611. The van der Waals surface area contributed by atoms with Gasteiger partial charge in [-0.15, -0.1) is 0 Å². The third-order valence-corrected chi connectivity index (χ3v) is 6.25. The fourth-order valence-electron chi connectivity index (χ4n) is 3.00. The summed E-state index contributed by atoms with van der Waals surface area (Å²) in [5.74, 6) is -0.464. The van der Waals surface area contributed by atoms with Crippen LogP contribution in [0, 0.1) is 0 Å². The zero-order valence-corrected chi connectivity index (χ0v) is 16.7. The van der Waals surface area contributed by atoms with Crippen LogP contribution >= 0.6 is 11.6 Å². The molecule has 0 saturated heterocycles. The Kier molecular flexibility index (Phi) is 5.27. The topological polar surface area (TPSA) is 84.5 Å². The summed E-state index contributed by atoms with van der Waals surface area (Å²) in [6.07, 6.45) is -0.631. The molecule has 1 atom stereocenters. The van der Waals surface area contributed by atoms with Crippen molar-refractivity contribution in [2.24, 2.45) is 0 Å². The summed E-state index contributed by atoms with van der Waals surface area (Å²) < 4.78 is 32.8. The molecule has 1 heterocycles. The first-order valence-electron chi connectivity index (χ1n) is 8.82. The van der Waals surface area contributed by atoms with E-state index in [9.17, 15) is 13.2 Å². The van der Waals surface area contributed by atoms with Crippen LogP contribution in [-0.2, 0) is 21.4 Å². The van der Waals surface area contributed by atoms with E-state index in [2.05, 4.69) is 10.0 Å². The first-order valence-corrected chi connectivity index (χ1v) is 10.7. The fraction of sp³-hybridized carbons (Fsp3) is 0.0952. The number of ether oxygens (including phenoxy) is 1. The van der Waals surface area contributed by atoms with Crippen LogP contribution in [0.4, 0.5) is 5.69 Å². The van der Waals surface area contributed by atoms with Crippen LogP contribution in [0.15, 0.2) is 77.7 Å². The molecule has 0 bridgehead atoms. The Morgan fingerprint density at radius 3 is 2.38 bits per heavy atom. The van der Waals surface area contributed by atoms with E-state index in [0.29, 0.717) is 21.8 Å². The van der Waals surface area contributed by atoms with E-state index in [1.165, 1.54) is 0 Å². The number of fused-ring (bicyclic) bond motifs is 1. The largest absolute Gasteiger partial charge is 0.457 e. The SMILES string of the molecule is O=C(OCc1ccc(Cl)cc1)c1ccc(C2Nc3ccccc3S(=O)(=O)N2)cc1. The molecule has 0 aromatic heterocycles. The van der Waals surface area contributed by atoms with E-state index in [1.807, 2.05) is 0 Å². The van der Waals surface area contributed by atoms with Crippen LogP contribution in [0.3, 0.4) is 0 Å². The fourth-order valence-corrected chi connectivity index (χ4v) is 4.43. The van der Waals surface area contributed by atoms with Crippen molar-refractivity contribution in [2.75, 3.05) is 5.32 Å². The Balaban J connectivity index is 1.45. The lowest BCUT2D eigenvalue weighted by Crippen LogP contribution is -2.38. The zero-order valence-electron chi connectivity index (χ0n) is 15.1. The van der Waals surface area contributed by atoms with Gasteiger partial charge in [0, 0.05) is 5.02 Å². The minimum atomic E-state index is -3.62. The Hall–Kier alpha value is -2.87. The van der Waals surface area contributed by atoms with Crippen molar-refractivity contribution in [3.63, 3.8) is 0 Å². The smallest absolute Gasteiger partial charge is 0.338 e. The number of para-hydroxylation sites is 1. The molecule has 0 amide bonds. The van der Waals surface area contributed by atoms with Crippen molar-refractivity contribution in [2.45, 2.75) is 17.7 Å². The molecule has 2 N–H and O–H groups in total. The predicted molar refractivity (Wildman–Crippen MR) is 110 cm³/mol. The summed E-state index contributed by atoms with van der Waals surface area (Å²) in [5.41, 5.74) is 2.42. The van der Waals surface area contributed by atoms with Gasteiger partial charge in [0.15, 0.2) is 0 Å². The first-order chi connectivity index (χ1) is 13.9. The molecular weight excluding hydrogens is 412 g/mol. The maximum atomic E-state index is 12.4. The molecule has 148 valence electrons. The second-order valence-electron chi connectivity index (χ2n) is 6.52. The molecule has 6 nitrogen and oxygen atoms in total. The third kappa shape index (κ3) is 4.27. The molecule has 1 aliphatic heterocycles. The second-order valence-corrected chi connectivity index (χ2v) is 8.64. The Morgan fingerprint density at radius 2 is 1.66 bits per heavy atom. The van der Waals surface area contributed by atoms with Crippen molar-refractivity contribution >= 4 is 33.3 Å². The second kappa shape index (κ2) is 7.87. The van der Waals surface area contributed by atoms with Crippen LogP contribution in [0.25, 0.3) is 0 Å². The van der Waals surface area contributed by atoms with Crippen molar-refractivity contribution < 1.29 is 17.9 Å². The number of carbonyl (C=O) groups is 1. The average molecular weight is 429 g/mol. The van der Waals surface area contributed by atoms with Crippen molar-refractivity contribution in [3.8, 4) is 0 Å². The normalized spacial score (nSPS) is 17.1. The van der Waals surface area contributed by atoms with Gasteiger partial charge in [0.25, 0.3) is 0 Å². The number of hydrogen-bond donors (Lipinski definition) is 2. The van der Waals surface area contributed by atoms with E-state index < -0.39 is 22.2 Å². The minimum Gasteiger partial charge on any atom is -0.457 e. The van der Waals surface area contributed by atoms with E-state index in [1.54, 1.807) is 72.8 Å². The van der Waals surface area contributed by atoms with E-state index in [4.69, 9.17) is 16.3 Å². The Labute approximate surface area is 173 Å². The van der Waals surface area contributed by atoms with Crippen molar-refractivity contribution in [3.05, 3.63) is 94.5 Å². The van der Waals surface area contributed by atoms with Gasteiger partial charge >= 0.3 is 5.97 Å². The van der Waals surface area contributed by atoms with Gasteiger partial charge in [0.2, 0.25) is 10.0 Å². The molecule has 1 unspecified atom stereocenters. The number of esters is 1. The molecule has 0 radical (unpaired) electrons. The summed E-state index contributed by atoms with van der Waals surface area (Å²) >= 11 is 5.84. The molecule has 8 heteroatoms. The average Bonchev–Trinajstić information content (AvgIpc) is 2.73. The highest BCUT2D eigenvalue weighted by Gasteiger charge is 2.29. The number of hydrogen-bond acceptors (Lipinski definition) is 5. The molecule has 0 spiro atoms. The van der Waals surface area contributed by atoms with Gasteiger partial charge in [-0.3, -0.25) is 0 Å². The Bertz CT molecular complexity index is 1150. The highest BCUT2D eigenvalue weighted by Crippen LogP contribution is 2.30. The van der Waals surface area contributed by atoms with Crippen LogP contribution in [0.1, 0.15) is 27.7 Å². The molecular formula is C21H17ClN2O4S. The molecule has 1 aliphatic rings. The summed E-state index contributed by atoms with van der Waals surface area (Å²) in [4.78, 5) is 12.5. The minimum absolute atomic E-state index is 0.137. The lowest BCUT2D eigenvalue weighted by Gasteiger charge is -2.28. The van der Waals surface area contributed by atoms with Gasteiger partial charge in [0.05, 0.1) is 11.3 Å². The number of nitrogens with one attached hydrogen (secondary N) is 2. The summed E-state index contributed by atoms with van der Waals surface area (Å²) in [6, 6.07) is 20.3. The molecule has 29 heavy (non-hydrogen) atoms. The number of rotatable bonds is 4. The molecule has 0 saturated carbocycles. The molecule has 3 aromatic rings. The first kappa shape index (κ1) is 19.4. The summed E-state index contributed by atoms with van der Waals surface area (Å²) in [7, 11) is -3.62. The van der Waals surface area contributed by atoms with Crippen LogP contribution in [0.5, 0.6) is 0 Å². The molecule has 0 fully saturated rings. The number of halogens is 1. The van der Waals surface area contributed by atoms with Gasteiger partial charge in [-0.2, -0.15) is 4.72 Å². The Morgan fingerprint density at radius 1 is 0.966 bits per heavy atom. The van der Waals surface area contributed by atoms with Crippen LogP contribution < -0.4 is 10.0 Å². The summed E-state index contributed by atoms with van der Waals surface area (Å²) in [5, 5.41) is 3.77. The molecule has 0 aliphatic carbocycles. The zero-order chi connectivity index (χ0) is 20.4. The number of benzene rings is 3. The van der Waals surface area contributed by atoms with Crippen LogP contribution in [0.2, 0.25) is 5.02 Å². The molecule has 3 aromatic carbocycles. The monoisotopic (exact) mass is 428 g/mol. The maximum Gasteiger partial charge on any atom is 0.338 e. The highest BCUT2D eigenvalue weighted by atomic mass is 35.5. The van der Waals surface area contributed by atoms with Gasteiger partial charge in [-0.05, 0) is 47.5 Å². The standard InChI is InChI=1S/C21H17ClN2O4S/c22-17-11-5-14(6-12-17)13-28-21(25)16-9-7-15(8-10-16)20-23-18-3-1-2-4-19(18)29(26,27)24-20/h1-12,20,23-24H,13H2. The highest BCUT2D eigenvalue weighted by molar-refractivity contribution is 7.89. The van der Waals surface area contributed by atoms with E-state index >= 15 is 0 Å². The number of anilines is 1. The van der Waals surface area contributed by atoms with Gasteiger partial charge < -0.3 is 10.1 Å². The van der Waals surface area contributed by atoms with E-state index in [0.717, 1.165) is 5.56 Å². The van der Waals surface area contributed by atoms with Crippen molar-refractivity contribution in [1.82, 2.24) is 4.72 Å². The number of sulfonamides is 1. The lowest BCUT2D eigenvalue weighted by atomic mass is 10.1. The van der Waals surface area contributed by atoms with Gasteiger partial charge in [0.1, 0.15) is 17.7 Å². The predicted octanol–water partition coefficient (Wildman–Crippen LogP) is 4.10. The molecule has 4 rings (SSSR count).